The van der Waals surface area contributed by atoms with Gasteiger partial charge in [0.2, 0.25) is 0 Å². The van der Waals surface area contributed by atoms with Crippen molar-refractivity contribution >= 4 is 29.9 Å². The largest absolute Gasteiger partial charge is 0.487 e. The van der Waals surface area contributed by atoms with Crippen molar-refractivity contribution in [2.75, 3.05) is 33.4 Å². The molecule has 1 atom stereocenters. The Kier molecular flexibility index (Phi) is 7.76. The third-order valence-corrected chi connectivity index (χ3v) is 5.43. The molecule has 1 saturated heterocycles. The van der Waals surface area contributed by atoms with Crippen LogP contribution >= 0.6 is 24.0 Å². The molecule has 3 N–H and O–H groups in total. The number of benzene rings is 1. The highest BCUT2D eigenvalue weighted by Crippen LogP contribution is 2.39. The number of nitrogens with zero attached hydrogens (tertiary/aromatic N) is 1. The molecular formula is C20H32IN3O3. The van der Waals surface area contributed by atoms with E-state index in [2.05, 4.69) is 35.5 Å². The lowest BCUT2D eigenvalue weighted by molar-refractivity contribution is -0.0132. The van der Waals surface area contributed by atoms with E-state index in [1.165, 1.54) is 0 Å². The second-order valence-electron chi connectivity index (χ2n) is 8.00. The Bertz CT molecular complexity index is 645. The Morgan fingerprint density at radius 1 is 1.26 bits per heavy atom. The van der Waals surface area contributed by atoms with E-state index in [1.54, 1.807) is 7.05 Å². The summed E-state index contributed by atoms with van der Waals surface area (Å²) in [6.07, 6.45) is 2.57. The van der Waals surface area contributed by atoms with Gasteiger partial charge in [-0.05, 0) is 32.8 Å². The summed E-state index contributed by atoms with van der Waals surface area (Å²) in [7, 11) is 1.78. The first-order valence-corrected chi connectivity index (χ1v) is 9.41. The van der Waals surface area contributed by atoms with Crippen LogP contribution in [-0.2, 0) is 4.74 Å². The normalized spacial score (nSPS) is 23.4. The molecule has 27 heavy (non-hydrogen) atoms. The van der Waals surface area contributed by atoms with E-state index < -0.39 is 0 Å². The van der Waals surface area contributed by atoms with Gasteiger partial charge in [-0.3, -0.25) is 4.99 Å². The smallest absolute Gasteiger partial charge is 0.191 e. The SMILES string of the molecule is CN=C(NCC1(CO)CCOCC1)NC1CC(C)(C)Oc2ccccc21.I. The van der Waals surface area contributed by atoms with Gasteiger partial charge in [-0.15, -0.1) is 24.0 Å². The number of ether oxygens (including phenoxy) is 2. The zero-order valence-corrected chi connectivity index (χ0v) is 18.8. The van der Waals surface area contributed by atoms with Crippen LogP contribution in [-0.4, -0.2) is 50.1 Å². The summed E-state index contributed by atoms with van der Waals surface area (Å²) < 4.78 is 11.6. The molecule has 0 spiro atoms. The molecule has 0 aliphatic carbocycles. The first-order chi connectivity index (χ1) is 12.5. The van der Waals surface area contributed by atoms with Crippen molar-refractivity contribution in [1.29, 1.82) is 0 Å². The fourth-order valence-corrected chi connectivity index (χ4v) is 3.76. The number of fused-ring (bicyclic) bond motifs is 1. The lowest BCUT2D eigenvalue weighted by Gasteiger charge is -2.39. The molecule has 1 unspecified atom stereocenters. The number of hydrogen-bond acceptors (Lipinski definition) is 4. The molecule has 1 fully saturated rings. The minimum Gasteiger partial charge on any atom is -0.487 e. The standard InChI is InChI=1S/C20H31N3O3.HI/c1-19(2)12-16(15-6-4-5-7-17(15)26-19)23-18(21-3)22-13-20(14-24)8-10-25-11-9-20;/h4-7,16,24H,8-14H2,1-3H3,(H2,21,22,23);1H. The minimum atomic E-state index is -0.238. The van der Waals surface area contributed by atoms with Crippen molar-refractivity contribution in [3.8, 4) is 5.75 Å². The number of rotatable bonds is 4. The number of hydrogen-bond donors (Lipinski definition) is 3. The molecule has 152 valence electrons. The molecule has 0 radical (unpaired) electrons. The summed E-state index contributed by atoms with van der Waals surface area (Å²) in [5.74, 6) is 1.68. The maximum absolute atomic E-state index is 9.87. The molecule has 3 rings (SSSR count). The summed E-state index contributed by atoms with van der Waals surface area (Å²) >= 11 is 0. The van der Waals surface area contributed by atoms with Crippen LogP contribution in [0.2, 0.25) is 0 Å². The van der Waals surface area contributed by atoms with Gasteiger partial charge in [0.15, 0.2) is 5.96 Å². The molecule has 0 amide bonds. The molecule has 1 aromatic carbocycles. The molecular weight excluding hydrogens is 457 g/mol. The van der Waals surface area contributed by atoms with Crippen LogP contribution in [0.15, 0.2) is 29.3 Å². The van der Waals surface area contributed by atoms with Gasteiger partial charge in [-0.25, -0.2) is 0 Å². The number of para-hydroxylation sites is 1. The quantitative estimate of drug-likeness (QED) is 0.345. The third-order valence-electron chi connectivity index (χ3n) is 5.43. The summed E-state index contributed by atoms with van der Waals surface area (Å²) in [5.41, 5.74) is 0.776. The van der Waals surface area contributed by atoms with E-state index in [-0.39, 0.29) is 47.6 Å². The fraction of sp³-hybridized carbons (Fsp3) is 0.650. The van der Waals surface area contributed by atoms with Crippen LogP contribution in [0.1, 0.15) is 44.7 Å². The number of aliphatic imine (C=N–C) groups is 1. The lowest BCUT2D eigenvalue weighted by atomic mass is 9.81. The van der Waals surface area contributed by atoms with Crippen molar-refractivity contribution in [3.63, 3.8) is 0 Å². The predicted molar refractivity (Wildman–Crippen MR) is 118 cm³/mol. The van der Waals surface area contributed by atoms with E-state index >= 15 is 0 Å². The van der Waals surface area contributed by atoms with E-state index in [1.807, 2.05) is 18.2 Å². The van der Waals surface area contributed by atoms with Gasteiger partial charge in [0.1, 0.15) is 11.4 Å². The van der Waals surface area contributed by atoms with Crippen LogP contribution in [0.3, 0.4) is 0 Å². The van der Waals surface area contributed by atoms with Gasteiger partial charge in [-0.1, -0.05) is 18.2 Å². The summed E-state index contributed by atoms with van der Waals surface area (Å²) in [4.78, 5) is 4.39. The van der Waals surface area contributed by atoms with Crippen LogP contribution in [0.5, 0.6) is 5.75 Å². The predicted octanol–water partition coefficient (Wildman–Crippen LogP) is 2.86. The highest BCUT2D eigenvalue weighted by molar-refractivity contribution is 14.0. The van der Waals surface area contributed by atoms with E-state index in [0.717, 1.165) is 36.5 Å². The van der Waals surface area contributed by atoms with Gasteiger partial charge >= 0.3 is 0 Å². The highest BCUT2D eigenvalue weighted by Gasteiger charge is 2.35. The van der Waals surface area contributed by atoms with Gasteiger partial charge < -0.3 is 25.2 Å². The lowest BCUT2D eigenvalue weighted by Crippen LogP contribution is -2.49. The van der Waals surface area contributed by atoms with Gasteiger partial charge in [0.05, 0.1) is 12.6 Å². The van der Waals surface area contributed by atoms with Crippen LogP contribution in [0, 0.1) is 5.41 Å². The van der Waals surface area contributed by atoms with Gasteiger partial charge in [0, 0.05) is 44.2 Å². The number of halogens is 1. The van der Waals surface area contributed by atoms with Crippen molar-refractivity contribution < 1.29 is 14.6 Å². The van der Waals surface area contributed by atoms with Gasteiger partial charge in [0.25, 0.3) is 0 Å². The second kappa shape index (κ2) is 9.43. The summed E-state index contributed by atoms with van der Waals surface area (Å²) in [6.45, 7) is 6.47. The Hall–Kier alpha value is -1.06. The van der Waals surface area contributed by atoms with E-state index in [0.29, 0.717) is 19.8 Å². The average Bonchev–Trinajstić information content (AvgIpc) is 2.65. The highest BCUT2D eigenvalue weighted by atomic mass is 127. The first-order valence-electron chi connectivity index (χ1n) is 9.41. The Morgan fingerprint density at radius 2 is 1.96 bits per heavy atom. The van der Waals surface area contributed by atoms with Crippen molar-refractivity contribution in [2.45, 2.75) is 44.8 Å². The van der Waals surface area contributed by atoms with Crippen LogP contribution in [0.25, 0.3) is 0 Å². The zero-order valence-electron chi connectivity index (χ0n) is 16.5. The molecule has 1 aromatic rings. The Morgan fingerprint density at radius 3 is 2.63 bits per heavy atom. The molecule has 2 aliphatic heterocycles. The van der Waals surface area contributed by atoms with E-state index in [9.17, 15) is 5.11 Å². The van der Waals surface area contributed by atoms with Crippen molar-refractivity contribution in [1.82, 2.24) is 10.6 Å². The monoisotopic (exact) mass is 489 g/mol. The summed E-state index contributed by atoms with van der Waals surface area (Å²) in [6, 6.07) is 8.28. The Labute approximate surface area is 179 Å². The molecule has 0 aromatic heterocycles. The van der Waals surface area contributed by atoms with Crippen LogP contribution < -0.4 is 15.4 Å². The van der Waals surface area contributed by atoms with Crippen LogP contribution in [0.4, 0.5) is 0 Å². The molecule has 7 heteroatoms. The van der Waals surface area contributed by atoms with Gasteiger partial charge in [-0.2, -0.15) is 0 Å². The molecule has 6 nitrogen and oxygen atoms in total. The minimum absolute atomic E-state index is 0. The maximum Gasteiger partial charge on any atom is 0.191 e. The van der Waals surface area contributed by atoms with Crippen molar-refractivity contribution in [3.05, 3.63) is 29.8 Å². The maximum atomic E-state index is 9.87. The third kappa shape index (κ3) is 5.48. The topological polar surface area (TPSA) is 75.1 Å². The summed E-state index contributed by atoms with van der Waals surface area (Å²) in [5, 5.41) is 16.8. The van der Waals surface area contributed by atoms with E-state index in [4.69, 9.17) is 9.47 Å². The first kappa shape index (κ1) is 22.2. The Balaban J connectivity index is 0.00000261. The fourth-order valence-electron chi connectivity index (χ4n) is 3.76. The second-order valence-corrected chi connectivity index (χ2v) is 8.00. The number of nitrogens with one attached hydrogen (secondary N) is 2. The molecule has 2 heterocycles. The molecule has 0 saturated carbocycles. The number of aliphatic hydroxyl groups excluding tert-OH is 1. The number of aliphatic hydroxyl groups is 1. The zero-order chi connectivity index (χ0) is 18.6. The molecule has 2 aliphatic rings. The average molecular weight is 489 g/mol. The molecule has 0 bridgehead atoms. The number of guanidine groups is 1. The van der Waals surface area contributed by atoms with Crippen molar-refractivity contribution in [2.24, 2.45) is 10.4 Å².